The van der Waals surface area contributed by atoms with Crippen molar-refractivity contribution in [1.29, 1.82) is 0 Å². The van der Waals surface area contributed by atoms with Crippen LogP contribution in [0, 0.1) is 0 Å². The van der Waals surface area contributed by atoms with E-state index >= 15 is 0 Å². The highest BCUT2D eigenvalue weighted by molar-refractivity contribution is 5.69. The van der Waals surface area contributed by atoms with E-state index in [1.807, 2.05) is 0 Å². The van der Waals surface area contributed by atoms with E-state index < -0.39 is 6.16 Å². The quantitative estimate of drug-likeness (QED) is 0.0489. The predicted octanol–water partition coefficient (Wildman–Crippen LogP) is 11.7. The van der Waals surface area contributed by atoms with E-state index in [4.69, 9.17) is 14.2 Å². The summed E-state index contributed by atoms with van der Waals surface area (Å²) in [7, 11) is 0. The Morgan fingerprint density at radius 1 is 0.385 bits per heavy atom. The van der Waals surface area contributed by atoms with Gasteiger partial charge in [-0.1, -0.05) is 156 Å². The summed E-state index contributed by atoms with van der Waals surface area (Å²) in [6.07, 6.45) is 33.6. The Kier molecular flexibility index (Phi) is 41.2. The molecule has 0 bridgehead atoms. The van der Waals surface area contributed by atoms with Gasteiger partial charge in [0, 0.05) is 13.1 Å². The van der Waals surface area contributed by atoms with Crippen LogP contribution in [-0.4, -0.2) is 92.7 Å². The fourth-order valence-corrected chi connectivity index (χ4v) is 6.72. The lowest BCUT2D eigenvalue weighted by Crippen LogP contribution is -2.29. The van der Waals surface area contributed by atoms with Gasteiger partial charge in [-0.05, 0) is 71.1 Å². The number of hydrogen-bond acceptors (Lipinski definition) is 8. The summed E-state index contributed by atoms with van der Waals surface area (Å²) in [5, 5.41) is 9.52. The average Bonchev–Trinajstić information content (AvgIpc) is 3.14. The molecule has 0 unspecified atom stereocenters. The van der Waals surface area contributed by atoms with Crippen molar-refractivity contribution in [3.8, 4) is 0 Å². The molecule has 0 aromatic heterocycles. The van der Waals surface area contributed by atoms with Gasteiger partial charge in [-0.25, -0.2) is 4.79 Å². The summed E-state index contributed by atoms with van der Waals surface area (Å²) >= 11 is 0. The van der Waals surface area contributed by atoms with Crippen LogP contribution < -0.4 is 0 Å². The SMILES string of the molecule is CCCCCCCCOC(=O)OCCCCCCCN(CCO)CCCCCCCOC(=O)CCN(CCCCCCCC)CCCCCCCC. The molecule has 0 aromatic rings. The minimum absolute atomic E-state index is 0.0392. The maximum atomic E-state index is 12.5. The smallest absolute Gasteiger partial charge is 0.466 e. The highest BCUT2D eigenvalue weighted by atomic mass is 16.7. The molecule has 0 aromatic carbocycles. The normalized spacial score (nSPS) is 11.5. The maximum Gasteiger partial charge on any atom is 0.508 e. The van der Waals surface area contributed by atoms with E-state index in [0.717, 1.165) is 110 Å². The molecule has 0 amide bonds. The van der Waals surface area contributed by atoms with E-state index in [9.17, 15) is 14.7 Å². The first kappa shape index (κ1) is 50.6. The molecule has 1 N–H and O–H groups in total. The number of carbonyl (C=O) groups is 2. The zero-order valence-corrected chi connectivity index (χ0v) is 35.0. The molecule has 52 heavy (non-hydrogen) atoms. The fraction of sp³-hybridized carbons (Fsp3) is 0.955. The molecule has 0 rings (SSSR count). The molecule has 8 heteroatoms. The first-order chi connectivity index (χ1) is 25.6. The van der Waals surface area contributed by atoms with Gasteiger partial charge in [0.05, 0.1) is 32.8 Å². The summed E-state index contributed by atoms with van der Waals surface area (Å²) in [5.41, 5.74) is 0. The van der Waals surface area contributed by atoms with E-state index in [1.54, 1.807) is 0 Å². The Morgan fingerprint density at radius 3 is 1.06 bits per heavy atom. The standard InChI is InChI=1S/C44H88N2O6/c1-4-7-10-13-18-25-33-45(34-26-19-14-11-8-5-2)37-32-43(48)50-40-29-23-16-20-27-35-46(38-39-47)36-28-21-17-24-31-42-52-44(49)51-41-30-22-15-12-9-6-3/h47H,4-42H2,1-3H3. The number of rotatable bonds is 42. The number of aliphatic hydroxyl groups is 1. The van der Waals surface area contributed by atoms with Crippen molar-refractivity contribution in [3.05, 3.63) is 0 Å². The van der Waals surface area contributed by atoms with E-state index in [0.29, 0.717) is 26.2 Å². The summed E-state index contributed by atoms with van der Waals surface area (Å²) in [5.74, 6) is -0.0392. The minimum Gasteiger partial charge on any atom is -0.466 e. The molecule has 0 atom stereocenters. The van der Waals surface area contributed by atoms with Gasteiger partial charge in [0.1, 0.15) is 0 Å². The number of ether oxygens (including phenoxy) is 3. The summed E-state index contributed by atoms with van der Waals surface area (Å²) in [6, 6.07) is 0. The van der Waals surface area contributed by atoms with Crippen molar-refractivity contribution >= 4 is 12.1 Å². The Labute approximate surface area is 322 Å². The Hall–Kier alpha value is -1.38. The Bertz CT molecular complexity index is 724. The van der Waals surface area contributed by atoms with Gasteiger partial charge < -0.3 is 29.1 Å². The van der Waals surface area contributed by atoms with Crippen molar-refractivity contribution in [2.75, 3.05) is 65.7 Å². The van der Waals surface area contributed by atoms with Gasteiger partial charge in [0.15, 0.2) is 0 Å². The molecule has 0 aliphatic rings. The highest BCUT2D eigenvalue weighted by Gasteiger charge is 2.10. The van der Waals surface area contributed by atoms with Gasteiger partial charge >= 0.3 is 12.1 Å². The van der Waals surface area contributed by atoms with Gasteiger partial charge in [0.25, 0.3) is 0 Å². The van der Waals surface area contributed by atoms with Crippen LogP contribution in [0.5, 0.6) is 0 Å². The molecule has 0 fully saturated rings. The molecule has 0 radical (unpaired) electrons. The van der Waals surface area contributed by atoms with Crippen LogP contribution in [0.1, 0.15) is 207 Å². The third kappa shape index (κ3) is 38.3. The van der Waals surface area contributed by atoms with Crippen LogP contribution >= 0.6 is 0 Å². The van der Waals surface area contributed by atoms with Crippen LogP contribution in [0.2, 0.25) is 0 Å². The largest absolute Gasteiger partial charge is 0.508 e. The molecule has 0 heterocycles. The van der Waals surface area contributed by atoms with Gasteiger partial charge in [-0.15, -0.1) is 0 Å². The molecule has 8 nitrogen and oxygen atoms in total. The van der Waals surface area contributed by atoms with E-state index in [-0.39, 0.29) is 12.6 Å². The lowest BCUT2D eigenvalue weighted by molar-refractivity contribution is -0.144. The van der Waals surface area contributed by atoms with Crippen LogP contribution in [0.15, 0.2) is 0 Å². The van der Waals surface area contributed by atoms with Crippen LogP contribution in [-0.2, 0) is 19.0 Å². The van der Waals surface area contributed by atoms with Crippen LogP contribution in [0.3, 0.4) is 0 Å². The lowest BCUT2D eigenvalue weighted by Gasteiger charge is -2.22. The van der Waals surface area contributed by atoms with Gasteiger partial charge in [0.2, 0.25) is 0 Å². The zero-order valence-electron chi connectivity index (χ0n) is 35.0. The number of nitrogens with zero attached hydrogens (tertiary/aromatic N) is 2. The second kappa shape index (κ2) is 42.4. The molecule has 0 spiro atoms. The number of unbranched alkanes of at least 4 members (excludes halogenated alkanes) is 23. The molecule has 0 aliphatic carbocycles. The summed E-state index contributed by atoms with van der Waals surface area (Å²) < 4.78 is 16.0. The molecular weight excluding hydrogens is 652 g/mol. The Morgan fingerprint density at radius 2 is 0.692 bits per heavy atom. The fourth-order valence-electron chi connectivity index (χ4n) is 6.72. The minimum atomic E-state index is -0.526. The second-order valence-electron chi connectivity index (χ2n) is 15.2. The second-order valence-corrected chi connectivity index (χ2v) is 15.2. The van der Waals surface area contributed by atoms with Crippen molar-refractivity contribution in [2.45, 2.75) is 207 Å². The van der Waals surface area contributed by atoms with Crippen LogP contribution in [0.4, 0.5) is 4.79 Å². The van der Waals surface area contributed by atoms with Gasteiger partial charge in [-0.3, -0.25) is 4.79 Å². The number of esters is 1. The summed E-state index contributed by atoms with van der Waals surface area (Å²) in [6.45, 7) is 14.2. The molecule has 0 aliphatic heterocycles. The van der Waals surface area contributed by atoms with Crippen molar-refractivity contribution in [3.63, 3.8) is 0 Å². The van der Waals surface area contributed by atoms with Gasteiger partial charge in [-0.2, -0.15) is 0 Å². The molecule has 0 saturated heterocycles. The first-order valence-corrected chi connectivity index (χ1v) is 22.6. The number of aliphatic hydroxyl groups excluding tert-OH is 1. The molecule has 310 valence electrons. The summed E-state index contributed by atoms with van der Waals surface area (Å²) in [4.78, 5) is 29.1. The Balaban J connectivity index is 3.87. The number of carbonyl (C=O) groups excluding carboxylic acids is 2. The third-order valence-corrected chi connectivity index (χ3v) is 10.1. The molecular formula is C44H88N2O6. The first-order valence-electron chi connectivity index (χ1n) is 22.6. The lowest BCUT2D eigenvalue weighted by atomic mass is 10.1. The maximum absolute atomic E-state index is 12.5. The van der Waals surface area contributed by atoms with Crippen molar-refractivity contribution in [1.82, 2.24) is 9.80 Å². The van der Waals surface area contributed by atoms with E-state index in [1.165, 1.54) is 109 Å². The average molecular weight is 741 g/mol. The zero-order chi connectivity index (χ0) is 38.0. The monoisotopic (exact) mass is 741 g/mol. The third-order valence-electron chi connectivity index (χ3n) is 10.1. The van der Waals surface area contributed by atoms with Crippen LogP contribution in [0.25, 0.3) is 0 Å². The highest BCUT2D eigenvalue weighted by Crippen LogP contribution is 2.12. The van der Waals surface area contributed by atoms with E-state index in [2.05, 4.69) is 30.6 Å². The molecule has 0 saturated carbocycles. The van der Waals surface area contributed by atoms with Crippen molar-refractivity contribution in [2.24, 2.45) is 0 Å². The predicted molar refractivity (Wildman–Crippen MR) is 219 cm³/mol. The van der Waals surface area contributed by atoms with Crippen molar-refractivity contribution < 1.29 is 28.9 Å². The number of hydrogen-bond donors (Lipinski definition) is 1. The topological polar surface area (TPSA) is 88.5 Å².